The summed E-state index contributed by atoms with van der Waals surface area (Å²) in [5, 5.41) is 11.5. The number of nitrogens with two attached hydrogens (primary N) is 1. The van der Waals surface area contributed by atoms with Gasteiger partial charge in [-0.2, -0.15) is 4.80 Å². The highest BCUT2D eigenvalue weighted by Crippen LogP contribution is 2.24. The minimum absolute atomic E-state index is 0.00455. The molecule has 1 unspecified atom stereocenters. The van der Waals surface area contributed by atoms with Crippen LogP contribution in [0.2, 0.25) is 0 Å². The third kappa shape index (κ3) is 3.86. The maximum atomic E-state index is 10.9. The lowest BCUT2D eigenvalue weighted by Crippen LogP contribution is -2.24. The van der Waals surface area contributed by atoms with E-state index in [-0.39, 0.29) is 6.61 Å². The molecule has 2 N–H and O–H groups in total. The predicted molar refractivity (Wildman–Crippen MR) is 84.4 cm³/mol. The highest BCUT2D eigenvalue weighted by Gasteiger charge is 2.18. The molecule has 0 bridgehead atoms. The standard InChI is InChI=1S/C16H15N5O3/c17-16(22)23-10-15(21-19-11-18-20-21)12-6-8-14(9-7-12)24-13-4-2-1-3-5-13/h1-9,11,15H,10H2,(H2,17,22). The zero-order chi connectivity index (χ0) is 16.8. The van der Waals surface area contributed by atoms with Gasteiger partial charge in [0.15, 0.2) is 6.33 Å². The first-order valence-corrected chi connectivity index (χ1v) is 7.20. The minimum Gasteiger partial charge on any atom is -0.457 e. The summed E-state index contributed by atoms with van der Waals surface area (Å²) in [6, 6.07) is 16.4. The lowest BCUT2D eigenvalue weighted by Gasteiger charge is -2.16. The van der Waals surface area contributed by atoms with E-state index in [2.05, 4.69) is 15.4 Å². The number of hydrogen-bond donors (Lipinski definition) is 1. The third-order valence-corrected chi connectivity index (χ3v) is 3.27. The largest absolute Gasteiger partial charge is 0.457 e. The Labute approximate surface area is 137 Å². The van der Waals surface area contributed by atoms with Crippen molar-refractivity contribution in [3.63, 3.8) is 0 Å². The normalized spacial score (nSPS) is 11.7. The summed E-state index contributed by atoms with van der Waals surface area (Å²) in [5.41, 5.74) is 5.86. The van der Waals surface area contributed by atoms with Gasteiger partial charge in [0.05, 0.1) is 0 Å². The Morgan fingerprint density at radius 1 is 1.08 bits per heavy atom. The smallest absolute Gasteiger partial charge is 0.404 e. The summed E-state index contributed by atoms with van der Waals surface area (Å²) in [7, 11) is 0. The van der Waals surface area contributed by atoms with Gasteiger partial charge in [-0.15, -0.1) is 10.2 Å². The Hall–Kier alpha value is -3.42. The van der Waals surface area contributed by atoms with Crippen molar-refractivity contribution in [1.29, 1.82) is 0 Å². The zero-order valence-electron chi connectivity index (χ0n) is 12.6. The number of para-hydroxylation sites is 1. The van der Waals surface area contributed by atoms with Gasteiger partial charge in [-0.25, -0.2) is 4.79 Å². The quantitative estimate of drug-likeness (QED) is 0.744. The molecule has 122 valence electrons. The number of amides is 1. The van der Waals surface area contributed by atoms with Crippen molar-refractivity contribution in [2.75, 3.05) is 6.61 Å². The van der Waals surface area contributed by atoms with Crippen molar-refractivity contribution in [3.05, 3.63) is 66.5 Å². The fourth-order valence-electron chi connectivity index (χ4n) is 2.16. The number of carbonyl (C=O) groups is 1. The van der Waals surface area contributed by atoms with Gasteiger partial charge in [0.1, 0.15) is 24.1 Å². The number of rotatable bonds is 6. The van der Waals surface area contributed by atoms with E-state index in [0.29, 0.717) is 5.75 Å². The SMILES string of the molecule is NC(=O)OCC(c1ccc(Oc2ccccc2)cc1)n1ncnn1. The maximum absolute atomic E-state index is 10.9. The van der Waals surface area contributed by atoms with Crippen molar-refractivity contribution in [1.82, 2.24) is 20.2 Å². The molecule has 0 fully saturated rings. The number of hydrogen-bond acceptors (Lipinski definition) is 6. The number of nitrogens with zero attached hydrogens (tertiary/aromatic N) is 4. The molecule has 3 aromatic rings. The first-order chi connectivity index (χ1) is 11.7. The molecular formula is C16H15N5O3. The molecule has 0 radical (unpaired) electrons. The summed E-state index contributed by atoms with van der Waals surface area (Å²) in [5.74, 6) is 1.43. The van der Waals surface area contributed by atoms with Crippen molar-refractivity contribution >= 4 is 6.09 Å². The summed E-state index contributed by atoms with van der Waals surface area (Å²) in [4.78, 5) is 12.2. The van der Waals surface area contributed by atoms with Crippen LogP contribution in [0.15, 0.2) is 60.9 Å². The first-order valence-electron chi connectivity index (χ1n) is 7.20. The van der Waals surface area contributed by atoms with Crippen molar-refractivity contribution in [3.8, 4) is 11.5 Å². The number of tetrazole rings is 1. The van der Waals surface area contributed by atoms with Crippen LogP contribution >= 0.6 is 0 Å². The number of aromatic nitrogens is 4. The number of primary amides is 1. The Balaban J connectivity index is 1.77. The molecule has 0 spiro atoms. The monoisotopic (exact) mass is 325 g/mol. The van der Waals surface area contributed by atoms with E-state index in [4.69, 9.17) is 15.2 Å². The Morgan fingerprint density at radius 3 is 2.42 bits per heavy atom. The average Bonchev–Trinajstić information content (AvgIpc) is 3.11. The van der Waals surface area contributed by atoms with E-state index in [1.807, 2.05) is 54.6 Å². The fraction of sp³-hybridized carbons (Fsp3) is 0.125. The molecule has 24 heavy (non-hydrogen) atoms. The van der Waals surface area contributed by atoms with Gasteiger partial charge in [0, 0.05) is 0 Å². The molecule has 3 rings (SSSR count). The van der Waals surface area contributed by atoms with Gasteiger partial charge in [-0.05, 0) is 35.0 Å². The zero-order valence-corrected chi connectivity index (χ0v) is 12.6. The molecular weight excluding hydrogens is 310 g/mol. The summed E-state index contributed by atoms with van der Waals surface area (Å²) < 4.78 is 10.6. The van der Waals surface area contributed by atoms with E-state index >= 15 is 0 Å². The summed E-state index contributed by atoms with van der Waals surface area (Å²) in [6.07, 6.45) is 0.452. The third-order valence-electron chi connectivity index (χ3n) is 3.27. The Kier molecular flexibility index (Phi) is 4.66. The molecule has 1 heterocycles. The van der Waals surface area contributed by atoms with Crippen molar-refractivity contribution in [2.45, 2.75) is 6.04 Å². The topological polar surface area (TPSA) is 105 Å². The van der Waals surface area contributed by atoms with Gasteiger partial charge in [-0.1, -0.05) is 30.3 Å². The summed E-state index contributed by atoms with van der Waals surface area (Å²) in [6.45, 7) is 0.00455. The molecule has 8 heteroatoms. The van der Waals surface area contributed by atoms with Crippen molar-refractivity contribution < 1.29 is 14.3 Å². The van der Waals surface area contributed by atoms with Gasteiger partial charge in [-0.3, -0.25) is 0 Å². The van der Waals surface area contributed by atoms with Crippen LogP contribution in [0.5, 0.6) is 11.5 Å². The molecule has 0 saturated heterocycles. The molecule has 2 aromatic carbocycles. The molecule has 1 atom stereocenters. The van der Waals surface area contributed by atoms with E-state index in [0.717, 1.165) is 11.3 Å². The van der Waals surface area contributed by atoms with Gasteiger partial charge in [0.25, 0.3) is 0 Å². The van der Waals surface area contributed by atoms with E-state index in [9.17, 15) is 4.79 Å². The summed E-state index contributed by atoms with van der Waals surface area (Å²) >= 11 is 0. The lowest BCUT2D eigenvalue weighted by molar-refractivity contribution is 0.139. The Bertz CT molecular complexity index is 775. The van der Waals surface area contributed by atoms with E-state index < -0.39 is 12.1 Å². The van der Waals surface area contributed by atoms with Crippen LogP contribution in [0.1, 0.15) is 11.6 Å². The molecule has 1 aromatic heterocycles. The van der Waals surface area contributed by atoms with Gasteiger partial charge in [0.2, 0.25) is 0 Å². The first kappa shape index (κ1) is 15.5. The van der Waals surface area contributed by atoms with Crippen LogP contribution in [-0.4, -0.2) is 32.9 Å². The molecule has 0 aliphatic carbocycles. The minimum atomic E-state index is -0.857. The van der Waals surface area contributed by atoms with E-state index in [1.165, 1.54) is 11.1 Å². The molecule has 0 saturated carbocycles. The van der Waals surface area contributed by atoms with Crippen LogP contribution in [0.25, 0.3) is 0 Å². The van der Waals surface area contributed by atoms with Crippen LogP contribution in [0.4, 0.5) is 4.79 Å². The van der Waals surface area contributed by atoms with Crippen LogP contribution in [0, 0.1) is 0 Å². The van der Waals surface area contributed by atoms with Gasteiger partial charge >= 0.3 is 6.09 Å². The second-order valence-electron chi connectivity index (χ2n) is 4.89. The highest BCUT2D eigenvalue weighted by molar-refractivity contribution is 5.64. The number of ether oxygens (including phenoxy) is 2. The average molecular weight is 325 g/mol. The highest BCUT2D eigenvalue weighted by atomic mass is 16.5. The van der Waals surface area contributed by atoms with Crippen LogP contribution in [0.3, 0.4) is 0 Å². The second kappa shape index (κ2) is 7.23. The van der Waals surface area contributed by atoms with Gasteiger partial charge < -0.3 is 15.2 Å². The van der Waals surface area contributed by atoms with Crippen molar-refractivity contribution in [2.24, 2.45) is 5.73 Å². The lowest BCUT2D eigenvalue weighted by atomic mass is 10.1. The number of benzene rings is 2. The van der Waals surface area contributed by atoms with E-state index in [1.54, 1.807) is 0 Å². The molecule has 8 nitrogen and oxygen atoms in total. The Morgan fingerprint density at radius 2 is 1.79 bits per heavy atom. The fourth-order valence-corrected chi connectivity index (χ4v) is 2.16. The van der Waals surface area contributed by atoms with Crippen LogP contribution in [-0.2, 0) is 4.74 Å². The predicted octanol–water partition coefficient (Wildman–Crippen LogP) is 2.15. The molecule has 1 amide bonds. The second-order valence-corrected chi connectivity index (χ2v) is 4.89. The maximum Gasteiger partial charge on any atom is 0.404 e. The molecule has 0 aliphatic heterocycles. The molecule has 0 aliphatic rings. The van der Waals surface area contributed by atoms with Crippen LogP contribution < -0.4 is 10.5 Å². The number of carbonyl (C=O) groups excluding carboxylic acids is 1.